The molecule has 4 rings (SSSR count). The van der Waals surface area contributed by atoms with Gasteiger partial charge in [0, 0.05) is 13.6 Å². The SMILES string of the molecule is Cc1ccc2cc1CNC(=O)[C@H](CCc1ccccc1)NC(=O)[C@@H](NC(=O)OCc1ccccc1)CC(=O)N(C)CCO2. The van der Waals surface area contributed by atoms with E-state index in [0.717, 1.165) is 22.3 Å². The van der Waals surface area contributed by atoms with Crippen molar-refractivity contribution in [2.45, 2.75) is 51.4 Å². The van der Waals surface area contributed by atoms with Gasteiger partial charge in [-0.1, -0.05) is 66.7 Å². The minimum atomic E-state index is -1.27. The third-order valence-corrected chi connectivity index (χ3v) is 7.29. The Balaban J connectivity index is 1.54. The van der Waals surface area contributed by atoms with E-state index >= 15 is 0 Å². The quantitative estimate of drug-likeness (QED) is 0.407. The number of carbonyl (C=O) groups is 4. The summed E-state index contributed by atoms with van der Waals surface area (Å²) in [5, 5.41) is 8.25. The highest BCUT2D eigenvalue weighted by Gasteiger charge is 2.30. The molecule has 0 unspecified atom stereocenters. The molecule has 10 heteroatoms. The highest BCUT2D eigenvalue weighted by atomic mass is 16.5. The van der Waals surface area contributed by atoms with E-state index in [0.29, 0.717) is 18.6 Å². The number of amides is 4. The lowest BCUT2D eigenvalue weighted by Gasteiger charge is -2.25. The Morgan fingerprint density at radius 1 is 0.977 bits per heavy atom. The van der Waals surface area contributed by atoms with E-state index < -0.39 is 24.1 Å². The number of hydrogen-bond acceptors (Lipinski definition) is 6. The first-order chi connectivity index (χ1) is 20.8. The Morgan fingerprint density at radius 3 is 2.40 bits per heavy atom. The van der Waals surface area contributed by atoms with Crippen LogP contribution in [0.1, 0.15) is 35.1 Å². The lowest BCUT2D eigenvalue weighted by atomic mass is 10.0. The summed E-state index contributed by atoms with van der Waals surface area (Å²) in [6.45, 7) is 2.67. The first kappa shape index (κ1) is 31.1. The van der Waals surface area contributed by atoms with Gasteiger partial charge >= 0.3 is 6.09 Å². The monoisotopic (exact) mass is 586 g/mol. The Bertz CT molecular complexity index is 1400. The molecule has 1 aliphatic rings. The van der Waals surface area contributed by atoms with Crippen LogP contribution in [0.4, 0.5) is 4.79 Å². The van der Waals surface area contributed by atoms with Crippen LogP contribution in [0, 0.1) is 6.92 Å². The molecule has 1 heterocycles. The number of aryl methyl sites for hydroxylation is 2. The summed E-state index contributed by atoms with van der Waals surface area (Å²) >= 11 is 0. The Kier molecular flexibility index (Phi) is 11.1. The number of nitrogens with one attached hydrogen (secondary N) is 3. The van der Waals surface area contributed by atoms with Crippen molar-refractivity contribution in [3.8, 4) is 5.75 Å². The largest absolute Gasteiger partial charge is 0.492 e. The maximum atomic E-state index is 13.6. The molecular weight excluding hydrogens is 548 g/mol. The van der Waals surface area contributed by atoms with E-state index in [9.17, 15) is 19.2 Å². The van der Waals surface area contributed by atoms with Crippen molar-refractivity contribution in [2.75, 3.05) is 20.2 Å². The molecule has 2 bridgehead atoms. The average molecular weight is 587 g/mol. The number of ether oxygens (including phenoxy) is 2. The topological polar surface area (TPSA) is 126 Å². The number of rotatable bonds is 6. The van der Waals surface area contributed by atoms with Crippen LogP contribution in [-0.2, 0) is 38.7 Å². The molecule has 0 saturated heterocycles. The van der Waals surface area contributed by atoms with Crippen molar-refractivity contribution >= 4 is 23.8 Å². The normalized spacial score (nSPS) is 18.2. The summed E-state index contributed by atoms with van der Waals surface area (Å²) in [6.07, 6.45) is -0.343. The molecular formula is C33H38N4O6. The van der Waals surface area contributed by atoms with Gasteiger partial charge in [-0.05, 0) is 54.2 Å². The predicted molar refractivity (Wildman–Crippen MR) is 161 cm³/mol. The van der Waals surface area contributed by atoms with Crippen LogP contribution in [0.2, 0.25) is 0 Å². The standard InChI is InChI=1S/C33H38N4O6/c1-23-13-15-27-19-26(23)21-34-31(39)28(16-14-24-9-5-3-6-10-24)35-32(40)29(20-30(38)37(2)17-18-42-27)36-33(41)43-22-25-11-7-4-8-12-25/h3-13,15,19,28-29H,14,16-18,20-22H2,1-2H3,(H,34,39)(H,35,40)(H,36,41)/t28-,29-/m0/s1. The number of fused-ring (bicyclic) bond motifs is 2. The molecule has 43 heavy (non-hydrogen) atoms. The van der Waals surface area contributed by atoms with Crippen molar-refractivity contribution in [2.24, 2.45) is 0 Å². The molecule has 0 fully saturated rings. The molecule has 1 aliphatic heterocycles. The molecule has 10 nitrogen and oxygen atoms in total. The highest BCUT2D eigenvalue weighted by Crippen LogP contribution is 2.18. The number of hydrogen-bond donors (Lipinski definition) is 3. The molecule has 226 valence electrons. The smallest absolute Gasteiger partial charge is 0.408 e. The van der Waals surface area contributed by atoms with Gasteiger partial charge in [0.25, 0.3) is 0 Å². The van der Waals surface area contributed by atoms with Crippen LogP contribution in [0.3, 0.4) is 0 Å². The van der Waals surface area contributed by atoms with Crippen LogP contribution in [-0.4, -0.2) is 61.0 Å². The maximum Gasteiger partial charge on any atom is 0.408 e. The molecule has 2 atom stereocenters. The molecule has 0 spiro atoms. The summed E-state index contributed by atoms with van der Waals surface area (Å²) in [6, 6.07) is 22.2. The summed E-state index contributed by atoms with van der Waals surface area (Å²) in [4.78, 5) is 54.3. The van der Waals surface area contributed by atoms with Crippen LogP contribution < -0.4 is 20.7 Å². The van der Waals surface area contributed by atoms with Crippen LogP contribution in [0.5, 0.6) is 5.75 Å². The van der Waals surface area contributed by atoms with Gasteiger partial charge in [-0.15, -0.1) is 0 Å². The van der Waals surface area contributed by atoms with Crippen LogP contribution in [0.15, 0.2) is 78.9 Å². The van der Waals surface area contributed by atoms with Gasteiger partial charge < -0.3 is 30.3 Å². The fraction of sp³-hybridized carbons (Fsp3) is 0.333. The van der Waals surface area contributed by atoms with E-state index in [1.54, 1.807) is 19.2 Å². The Morgan fingerprint density at radius 2 is 1.67 bits per heavy atom. The number of carbonyl (C=O) groups excluding carboxylic acids is 4. The van der Waals surface area contributed by atoms with Crippen molar-refractivity contribution < 1.29 is 28.7 Å². The Hall–Kier alpha value is -4.86. The van der Waals surface area contributed by atoms with Gasteiger partial charge in [0.05, 0.1) is 13.0 Å². The van der Waals surface area contributed by atoms with Gasteiger partial charge in [-0.25, -0.2) is 4.79 Å². The van der Waals surface area contributed by atoms with Crippen LogP contribution >= 0.6 is 0 Å². The van der Waals surface area contributed by atoms with Gasteiger partial charge in [-0.2, -0.15) is 0 Å². The third-order valence-electron chi connectivity index (χ3n) is 7.29. The van der Waals surface area contributed by atoms with Crippen molar-refractivity contribution in [1.82, 2.24) is 20.9 Å². The molecule has 3 N–H and O–H groups in total. The molecule has 0 aromatic heterocycles. The summed E-state index contributed by atoms with van der Waals surface area (Å²) < 4.78 is 11.2. The van der Waals surface area contributed by atoms with Gasteiger partial charge in [-0.3, -0.25) is 14.4 Å². The first-order valence-corrected chi connectivity index (χ1v) is 14.3. The van der Waals surface area contributed by atoms with Crippen LogP contribution in [0.25, 0.3) is 0 Å². The first-order valence-electron chi connectivity index (χ1n) is 14.3. The second kappa shape index (κ2) is 15.4. The van der Waals surface area contributed by atoms with Crippen molar-refractivity contribution in [3.05, 3.63) is 101 Å². The summed E-state index contributed by atoms with van der Waals surface area (Å²) in [7, 11) is 1.61. The fourth-order valence-electron chi connectivity index (χ4n) is 4.60. The lowest BCUT2D eigenvalue weighted by Crippen LogP contribution is -2.55. The maximum absolute atomic E-state index is 13.6. The second-order valence-corrected chi connectivity index (χ2v) is 10.5. The van der Waals surface area contributed by atoms with Gasteiger partial charge in [0.2, 0.25) is 17.7 Å². The Labute approximate surface area is 251 Å². The zero-order valence-corrected chi connectivity index (χ0v) is 24.5. The summed E-state index contributed by atoms with van der Waals surface area (Å²) in [5.74, 6) is -0.796. The lowest BCUT2D eigenvalue weighted by molar-refractivity contribution is -0.135. The van der Waals surface area contributed by atoms with E-state index in [-0.39, 0.29) is 44.5 Å². The average Bonchev–Trinajstić information content (AvgIpc) is 3.02. The van der Waals surface area contributed by atoms with E-state index in [4.69, 9.17) is 9.47 Å². The molecule has 0 saturated carbocycles. The van der Waals surface area contributed by atoms with E-state index in [1.165, 1.54) is 4.90 Å². The minimum absolute atomic E-state index is 0.00608. The van der Waals surface area contributed by atoms with E-state index in [1.807, 2.05) is 73.7 Å². The summed E-state index contributed by atoms with van der Waals surface area (Å²) in [5.41, 5.74) is 3.63. The number of alkyl carbamates (subject to hydrolysis) is 1. The minimum Gasteiger partial charge on any atom is -0.492 e. The zero-order chi connectivity index (χ0) is 30.6. The highest BCUT2D eigenvalue weighted by molar-refractivity contribution is 5.94. The molecule has 4 amide bonds. The van der Waals surface area contributed by atoms with Crippen molar-refractivity contribution in [3.63, 3.8) is 0 Å². The number of likely N-dealkylation sites (N-methyl/N-ethyl adjacent to an activating group) is 1. The second-order valence-electron chi connectivity index (χ2n) is 10.5. The van der Waals surface area contributed by atoms with Gasteiger partial charge in [0.15, 0.2) is 0 Å². The number of nitrogens with zero attached hydrogens (tertiary/aromatic N) is 1. The fourth-order valence-corrected chi connectivity index (χ4v) is 4.60. The third kappa shape index (κ3) is 9.59. The molecule has 0 aliphatic carbocycles. The van der Waals surface area contributed by atoms with Crippen molar-refractivity contribution in [1.29, 1.82) is 0 Å². The van der Waals surface area contributed by atoms with Gasteiger partial charge in [0.1, 0.15) is 31.0 Å². The predicted octanol–water partition coefficient (Wildman–Crippen LogP) is 3.26. The molecule has 0 radical (unpaired) electrons. The number of benzene rings is 3. The molecule has 3 aromatic rings. The molecule has 3 aromatic carbocycles. The zero-order valence-electron chi connectivity index (χ0n) is 24.5. The van der Waals surface area contributed by atoms with E-state index in [2.05, 4.69) is 16.0 Å².